The van der Waals surface area contributed by atoms with Crippen LogP contribution in [0.3, 0.4) is 0 Å². The maximum absolute atomic E-state index is 11.8. The number of hydrogen-bond acceptors (Lipinski definition) is 2. The zero-order valence-corrected chi connectivity index (χ0v) is 15.2. The van der Waals surface area contributed by atoms with Crippen LogP contribution in [0.5, 0.6) is 5.75 Å². The second-order valence-corrected chi connectivity index (χ2v) is 8.35. The van der Waals surface area contributed by atoms with Crippen LogP contribution in [0, 0.1) is 11.3 Å². The van der Waals surface area contributed by atoms with Crippen molar-refractivity contribution >= 4 is 6.29 Å². The second kappa shape index (κ2) is 5.65. The number of fused-ring (bicyclic) bond motifs is 3. The van der Waals surface area contributed by atoms with Crippen LogP contribution < -0.4 is 4.74 Å². The van der Waals surface area contributed by atoms with E-state index in [1.165, 1.54) is 29.4 Å². The van der Waals surface area contributed by atoms with E-state index >= 15 is 0 Å². The average molecular weight is 314 g/mol. The summed E-state index contributed by atoms with van der Waals surface area (Å²) >= 11 is 0. The van der Waals surface area contributed by atoms with Crippen LogP contribution >= 0.6 is 0 Å². The Morgan fingerprint density at radius 1 is 1.26 bits per heavy atom. The highest BCUT2D eigenvalue weighted by Crippen LogP contribution is 2.57. The van der Waals surface area contributed by atoms with E-state index in [2.05, 4.69) is 39.8 Å². The van der Waals surface area contributed by atoms with Crippen molar-refractivity contribution in [2.45, 2.75) is 71.1 Å². The summed E-state index contributed by atoms with van der Waals surface area (Å²) in [7, 11) is 1.80. The van der Waals surface area contributed by atoms with E-state index in [1.54, 1.807) is 7.11 Å². The van der Waals surface area contributed by atoms with Gasteiger partial charge in [0, 0.05) is 5.41 Å². The first-order valence-corrected chi connectivity index (χ1v) is 9.04. The number of carbonyl (C=O) groups is 1. The van der Waals surface area contributed by atoms with Crippen molar-refractivity contribution in [3.8, 4) is 5.75 Å². The first kappa shape index (κ1) is 16.5. The summed E-state index contributed by atoms with van der Waals surface area (Å²) in [5.74, 6) is 2.01. The van der Waals surface area contributed by atoms with Gasteiger partial charge in [0.25, 0.3) is 0 Å². The Balaban J connectivity index is 2.16. The number of carbonyl (C=O) groups excluding carboxylic acids is 1. The lowest BCUT2D eigenvalue weighted by Gasteiger charge is -2.53. The Morgan fingerprint density at radius 2 is 2.00 bits per heavy atom. The van der Waals surface area contributed by atoms with Gasteiger partial charge in [0.15, 0.2) is 0 Å². The molecule has 2 heteroatoms. The smallest absolute Gasteiger partial charge is 0.126 e. The molecule has 0 aromatic heterocycles. The van der Waals surface area contributed by atoms with Crippen molar-refractivity contribution in [3.05, 3.63) is 28.8 Å². The third kappa shape index (κ3) is 2.33. The largest absolute Gasteiger partial charge is 0.496 e. The molecule has 0 amide bonds. The zero-order valence-electron chi connectivity index (χ0n) is 15.2. The van der Waals surface area contributed by atoms with Gasteiger partial charge < -0.3 is 9.53 Å². The van der Waals surface area contributed by atoms with E-state index in [0.717, 1.165) is 31.4 Å². The van der Waals surface area contributed by atoms with Gasteiger partial charge >= 0.3 is 0 Å². The monoisotopic (exact) mass is 314 g/mol. The number of aldehydes is 1. The quantitative estimate of drug-likeness (QED) is 0.732. The van der Waals surface area contributed by atoms with E-state index in [-0.39, 0.29) is 10.8 Å². The SMILES string of the molecule is COc1c(C(C)C)ccc2c1CCC1[C@](C)(C=O)CCC[C@]21C. The fraction of sp³-hybridized carbons (Fsp3) is 0.667. The van der Waals surface area contributed by atoms with Gasteiger partial charge in [-0.2, -0.15) is 0 Å². The van der Waals surface area contributed by atoms with E-state index in [9.17, 15) is 4.79 Å². The molecule has 23 heavy (non-hydrogen) atoms. The van der Waals surface area contributed by atoms with E-state index in [1.807, 2.05) is 0 Å². The summed E-state index contributed by atoms with van der Waals surface area (Å²) in [6, 6.07) is 4.58. The van der Waals surface area contributed by atoms with Crippen molar-refractivity contribution in [2.24, 2.45) is 11.3 Å². The van der Waals surface area contributed by atoms with Crippen LogP contribution in [0.15, 0.2) is 12.1 Å². The van der Waals surface area contributed by atoms with Gasteiger partial charge in [-0.05, 0) is 59.6 Å². The molecule has 1 saturated carbocycles. The number of ether oxygens (including phenoxy) is 1. The Bertz CT molecular complexity index is 619. The standard InChI is InChI=1S/C21H30O2/c1-14(2)15-7-9-17-16(19(15)23-5)8-10-18-20(3,13-22)11-6-12-21(17,18)4/h7,9,13-14,18H,6,8,10-12H2,1-5H3/t18?,20-,21+/m0/s1. The lowest BCUT2D eigenvalue weighted by Crippen LogP contribution is -2.49. The average Bonchev–Trinajstić information content (AvgIpc) is 2.53. The minimum absolute atomic E-state index is 0.101. The van der Waals surface area contributed by atoms with Crippen molar-refractivity contribution in [2.75, 3.05) is 7.11 Å². The molecule has 3 atom stereocenters. The summed E-state index contributed by atoms with van der Waals surface area (Å²) < 4.78 is 5.84. The number of rotatable bonds is 3. The van der Waals surface area contributed by atoms with E-state index < -0.39 is 0 Å². The first-order valence-electron chi connectivity index (χ1n) is 9.04. The van der Waals surface area contributed by atoms with Crippen LogP contribution in [0.2, 0.25) is 0 Å². The van der Waals surface area contributed by atoms with Crippen LogP contribution in [-0.2, 0) is 16.6 Å². The molecular formula is C21H30O2. The molecule has 1 fully saturated rings. The molecule has 0 bridgehead atoms. The maximum atomic E-state index is 11.8. The summed E-state index contributed by atoms with van der Waals surface area (Å²) in [5, 5.41) is 0. The summed E-state index contributed by atoms with van der Waals surface area (Å²) in [6.45, 7) is 9.00. The Hall–Kier alpha value is -1.31. The molecule has 1 aromatic rings. The predicted molar refractivity (Wildman–Crippen MR) is 94.3 cm³/mol. The Morgan fingerprint density at radius 3 is 2.61 bits per heavy atom. The highest BCUT2D eigenvalue weighted by molar-refractivity contribution is 5.62. The van der Waals surface area contributed by atoms with Gasteiger partial charge in [-0.3, -0.25) is 0 Å². The highest BCUT2D eigenvalue weighted by atomic mass is 16.5. The minimum Gasteiger partial charge on any atom is -0.496 e. The molecule has 126 valence electrons. The van der Waals surface area contributed by atoms with Crippen molar-refractivity contribution in [1.82, 2.24) is 0 Å². The first-order chi connectivity index (χ1) is 10.9. The molecule has 0 saturated heterocycles. The van der Waals surface area contributed by atoms with Crippen LogP contribution in [0.1, 0.15) is 76.0 Å². The normalized spacial score (nSPS) is 33.0. The molecule has 0 radical (unpaired) electrons. The van der Waals surface area contributed by atoms with Crippen molar-refractivity contribution in [3.63, 3.8) is 0 Å². The summed E-state index contributed by atoms with van der Waals surface area (Å²) in [6.07, 6.45) is 6.71. The number of benzene rings is 1. The predicted octanol–water partition coefficient (Wildman–Crippen LogP) is 5.03. The lowest BCUT2D eigenvalue weighted by atomic mass is 9.50. The topological polar surface area (TPSA) is 26.3 Å². The third-order valence-corrected chi connectivity index (χ3v) is 6.66. The molecule has 2 aliphatic carbocycles. The molecule has 2 aliphatic rings. The van der Waals surface area contributed by atoms with Crippen molar-refractivity contribution in [1.29, 1.82) is 0 Å². The molecule has 0 heterocycles. The van der Waals surface area contributed by atoms with Crippen LogP contribution in [-0.4, -0.2) is 13.4 Å². The van der Waals surface area contributed by atoms with Gasteiger partial charge in [-0.15, -0.1) is 0 Å². The third-order valence-electron chi connectivity index (χ3n) is 6.66. The molecule has 0 spiro atoms. The maximum Gasteiger partial charge on any atom is 0.126 e. The minimum atomic E-state index is -0.172. The van der Waals surface area contributed by atoms with Gasteiger partial charge in [0.1, 0.15) is 12.0 Å². The lowest BCUT2D eigenvalue weighted by molar-refractivity contribution is -0.123. The summed E-state index contributed by atoms with van der Waals surface area (Å²) in [5.41, 5.74) is 4.07. The number of hydrogen-bond donors (Lipinski definition) is 0. The van der Waals surface area contributed by atoms with Crippen LogP contribution in [0.25, 0.3) is 0 Å². The molecule has 0 aliphatic heterocycles. The Labute approximate surface area is 140 Å². The zero-order chi connectivity index (χ0) is 16.8. The summed E-state index contributed by atoms with van der Waals surface area (Å²) in [4.78, 5) is 11.8. The molecule has 2 nitrogen and oxygen atoms in total. The van der Waals surface area contributed by atoms with Crippen molar-refractivity contribution < 1.29 is 9.53 Å². The van der Waals surface area contributed by atoms with Gasteiger partial charge in [0.05, 0.1) is 7.11 Å². The van der Waals surface area contributed by atoms with E-state index in [0.29, 0.717) is 11.8 Å². The number of methoxy groups -OCH3 is 1. The van der Waals surface area contributed by atoms with E-state index in [4.69, 9.17) is 4.74 Å². The molecule has 3 rings (SSSR count). The molecule has 1 unspecified atom stereocenters. The fourth-order valence-electron chi connectivity index (χ4n) is 5.44. The van der Waals surface area contributed by atoms with Gasteiger partial charge in [0.2, 0.25) is 0 Å². The highest BCUT2D eigenvalue weighted by Gasteiger charge is 2.52. The Kier molecular flexibility index (Phi) is 4.06. The second-order valence-electron chi connectivity index (χ2n) is 8.35. The fourth-order valence-corrected chi connectivity index (χ4v) is 5.44. The molecule has 1 aromatic carbocycles. The molecule has 0 N–H and O–H groups in total. The van der Waals surface area contributed by atoms with Gasteiger partial charge in [-0.25, -0.2) is 0 Å². The van der Waals surface area contributed by atoms with Crippen LogP contribution in [0.4, 0.5) is 0 Å². The van der Waals surface area contributed by atoms with Gasteiger partial charge in [-0.1, -0.05) is 46.2 Å². The molecular weight excluding hydrogens is 284 g/mol.